The fourth-order valence-corrected chi connectivity index (χ4v) is 3.07. The number of methoxy groups -OCH3 is 2. The van der Waals surface area contributed by atoms with Crippen molar-refractivity contribution in [3.63, 3.8) is 0 Å². The molecule has 3 rings (SSSR count). The zero-order valence-corrected chi connectivity index (χ0v) is 15.5. The van der Waals surface area contributed by atoms with Crippen LogP contribution < -0.4 is 19.7 Å². The van der Waals surface area contributed by atoms with Crippen molar-refractivity contribution in [2.45, 2.75) is 6.92 Å². The third kappa shape index (κ3) is 4.02. The fourth-order valence-electron chi connectivity index (χ4n) is 3.07. The first-order valence-electron chi connectivity index (χ1n) is 8.70. The van der Waals surface area contributed by atoms with E-state index in [1.165, 1.54) is 0 Å². The minimum absolute atomic E-state index is 0.0942. The van der Waals surface area contributed by atoms with Crippen molar-refractivity contribution >= 4 is 17.4 Å². The van der Waals surface area contributed by atoms with Gasteiger partial charge in [0.2, 0.25) is 0 Å². The monoisotopic (exact) mass is 355 g/mol. The van der Waals surface area contributed by atoms with Crippen molar-refractivity contribution in [2.75, 3.05) is 50.6 Å². The van der Waals surface area contributed by atoms with Crippen LogP contribution in [0.25, 0.3) is 0 Å². The number of nitrogens with one attached hydrogen (secondary N) is 1. The molecule has 1 heterocycles. The van der Waals surface area contributed by atoms with E-state index in [2.05, 4.69) is 10.2 Å². The molecule has 1 fully saturated rings. The maximum Gasteiger partial charge on any atom is 0.322 e. The van der Waals surface area contributed by atoms with Gasteiger partial charge in [-0.3, -0.25) is 0 Å². The van der Waals surface area contributed by atoms with Crippen LogP contribution in [0.1, 0.15) is 5.56 Å². The Labute approximate surface area is 154 Å². The number of carbonyl (C=O) groups is 1. The van der Waals surface area contributed by atoms with Gasteiger partial charge in [-0.2, -0.15) is 0 Å². The Morgan fingerprint density at radius 1 is 0.962 bits per heavy atom. The number of ether oxygens (including phenoxy) is 2. The van der Waals surface area contributed by atoms with Crippen molar-refractivity contribution in [3.05, 3.63) is 48.0 Å². The zero-order valence-electron chi connectivity index (χ0n) is 15.5. The molecule has 2 aromatic carbocycles. The summed E-state index contributed by atoms with van der Waals surface area (Å²) in [5.74, 6) is 1.51. The first-order valence-corrected chi connectivity index (χ1v) is 8.70. The molecule has 26 heavy (non-hydrogen) atoms. The predicted octanol–water partition coefficient (Wildman–Crippen LogP) is 3.37. The summed E-state index contributed by atoms with van der Waals surface area (Å²) in [6, 6.07) is 13.7. The van der Waals surface area contributed by atoms with E-state index < -0.39 is 0 Å². The van der Waals surface area contributed by atoms with Crippen LogP contribution in [0.5, 0.6) is 11.5 Å². The summed E-state index contributed by atoms with van der Waals surface area (Å²) in [5, 5.41) is 2.97. The number of anilines is 2. The van der Waals surface area contributed by atoms with Crippen LogP contribution in [0.4, 0.5) is 16.2 Å². The lowest BCUT2D eigenvalue weighted by atomic mass is 10.2. The van der Waals surface area contributed by atoms with Crippen LogP contribution in [-0.2, 0) is 0 Å². The highest BCUT2D eigenvalue weighted by Crippen LogP contribution is 2.26. The first kappa shape index (κ1) is 17.9. The number of carbonyl (C=O) groups excluding carboxylic acids is 1. The molecule has 0 bridgehead atoms. The summed E-state index contributed by atoms with van der Waals surface area (Å²) in [6.07, 6.45) is 0. The molecule has 138 valence electrons. The average molecular weight is 355 g/mol. The maximum absolute atomic E-state index is 12.6. The average Bonchev–Trinajstić information content (AvgIpc) is 2.68. The van der Waals surface area contributed by atoms with E-state index in [9.17, 15) is 4.79 Å². The molecular formula is C20H25N3O3. The van der Waals surface area contributed by atoms with Crippen LogP contribution >= 0.6 is 0 Å². The summed E-state index contributed by atoms with van der Waals surface area (Å²) in [4.78, 5) is 16.7. The van der Waals surface area contributed by atoms with Gasteiger partial charge in [-0.05, 0) is 48.9 Å². The largest absolute Gasteiger partial charge is 0.497 e. The molecule has 0 unspecified atom stereocenters. The molecule has 1 N–H and O–H groups in total. The number of benzene rings is 2. The van der Waals surface area contributed by atoms with Gasteiger partial charge >= 0.3 is 6.03 Å². The molecule has 0 radical (unpaired) electrons. The van der Waals surface area contributed by atoms with Crippen LogP contribution in [0, 0.1) is 6.92 Å². The Hall–Kier alpha value is -2.89. The van der Waals surface area contributed by atoms with Crippen LogP contribution in [0.2, 0.25) is 0 Å². The van der Waals surface area contributed by atoms with E-state index in [0.717, 1.165) is 30.1 Å². The minimum Gasteiger partial charge on any atom is -0.497 e. The summed E-state index contributed by atoms with van der Waals surface area (Å²) in [7, 11) is 3.27. The molecular weight excluding hydrogens is 330 g/mol. The molecule has 2 amide bonds. The molecule has 2 aromatic rings. The van der Waals surface area contributed by atoms with Gasteiger partial charge in [-0.1, -0.05) is 6.07 Å². The second kappa shape index (κ2) is 7.99. The van der Waals surface area contributed by atoms with Crippen LogP contribution in [0.3, 0.4) is 0 Å². The van der Waals surface area contributed by atoms with Gasteiger partial charge < -0.3 is 24.6 Å². The van der Waals surface area contributed by atoms with Gasteiger partial charge in [-0.15, -0.1) is 0 Å². The van der Waals surface area contributed by atoms with Gasteiger partial charge in [0.05, 0.1) is 19.9 Å². The SMILES string of the molecule is COc1ccc(N2CCN(C(=O)Nc3cc(C)ccc3OC)CC2)cc1. The highest BCUT2D eigenvalue weighted by Gasteiger charge is 2.22. The number of urea groups is 1. The molecule has 0 aliphatic carbocycles. The first-order chi connectivity index (χ1) is 12.6. The van der Waals surface area contributed by atoms with Gasteiger partial charge in [0, 0.05) is 31.9 Å². The van der Waals surface area contributed by atoms with E-state index in [-0.39, 0.29) is 6.03 Å². The number of hydrogen-bond donors (Lipinski definition) is 1. The lowest BCUT2D eigenvalue weighted by molar-refractivity contribution is 0.208. The summed E-state index contributed by atoms with van der Waals surface area (Å²) in [6.45, 7) is 4.93. The number of nitrogens with zero attached hydrogens (tertiary/aromatic N) is 2. The molecule has 1 aliphatic rings. The topological polar surface area (TPSA) is 54.0 Å². The molecule has 0 saturated carbocycles. The fraction of sp³-hybridized carbons (Fsp3) is 0.350. The Morgan fingerprint density at radius 2 is 1.65 bits per heavy atom. The van der Waals surface area contributed by atoms with Gasteiger partial charge in [0.15, 0.2) is 0 Å². The van der Waals surface area contributed by atoms with Gasteiger partial charge in [0.1, 0.15) is 11.5 Å². The standard InChI is InChI=1S/C20H25N3O3/c1-15-4-9-19(26-3)18(14-15)21-20(24)23-12-10-22(11-13-23)16-5-7-17(25-2)8-6-16/h4-9,14H,10-13H2,1-3H3,(H,21,24). The van der Waals surface area contributed by atoms with Crippen molar-refractivity contribution in [3.8, 4) is 11.5 Å². The smallest absolute Gasteiger partial charge is 0.322 e. The highest BCUT2D eigenvalue weighted by molar-refractivity contribution is 5.91. The predicted molar refractivity (Wildman–Crippen MR) is 104 cm³/mol. The number of amides is 2. The normalized spacial score (nSPS) is 14.1. The quantitative estimate of drug-likeness (QED) is 0.914. The Kier molecular flexibility index (Phi) is 5.51. The van der Waals surface area contributed by atoms with Gasteiger partial charge in [0.25, 0.3) is 0 Å². The minimum atomic E-state index is -0.0942. The number of piperazine rings is 1. The van der Waals surface area contributed by atoms with Crippen LogP contribution in [-0.4, -0.2) is 51.3 Å². The molecule has 0 aromatic heterocycles. The van der Waals surface area contributed by atoms with E-state index >= 15 is 0 Å². The van der Waals surface area contributed by atoms with Crippen molar-refractivity contribution in [1.82, 2.24) is 4.90 Å². The number of aryl methyl sites for hydroxylation is 1. The summed E-state index contributed by atoms with van der Waals surface area (Å²) < 4.78 is 10.5. The van der Waals surface area contributed by atoms with E-state index in [1.54, 1.807) is 14.2 Å². The van der Waals surface area contributed by atoms with E-state index in [1.807, 2.05) is 54.3 Å². The highest BCUT2D eigenvalue weighted by atomic mass is 16.5. The Bertz CT molecular complexity index is 753. The number of hydrogen-bond acceptors (Lipinski definition) is 4. The van der Waals surface area contributed by atoms with Crippen molar-refractivity contribution in [1.29, 1.82) is 0 Å². The Morgan fingerprint density at radius 3 is 2.27 bits per heavy atom. The van der Waals surface area contributed by atoms with Crippen molar-refractivity contribution < 1.29 is 14.3 Å². The second-order valence-electron chi connectivity index (χ2n) is 6.31. The second-order valence-corrected chi connectivity index (χ2v) is 6.31. The Balaban J connectivity index is 1.59. The van der Waals surface area contributed by atoms with E-state index in [0.29, 0.717) is 24.5 Å². The molecule has 6 nitrogen and oxygen atoms in total. The summed E-state index contributed by atoms with van der Waals surface area (Å²) in [5.41, 5.74) is 2.92. The molecule has 1 aliphatic heterocycles. The van der Waals surface area contributed by atoms with E-state index in [4.69, 9.17) is 9.47 Å². The third-order valence-corrected chi connectivity index (χ3v) is 4.60. The molecule has 0 atom stereocenters. The number of rotatable bonds is 4. The molecule has 1 saturated heterocycles. The zero-order chi connectivity index (χ0) is 18.5. The third-order valence-electron chi connectivity index (χ3n) is 4.60. The van der Waals surface area contributed by atoms with Crippen molar-refractivity contribution in [2.24, 2.45) is 0 Å². The maximum atomic E-state index is 12.6. The van der Waals surface area contributed by atoms with Crippen LogP contribution in [0.15, 0.2) is 42.5 Å². The lowest BCUT2D eigenvalue weighted by Crippen LogP contribution is -2.50. The molecule has 0 spiro atoms. The molecule has 6 heteroatoms. The summed E-state index contributed by atoms with van der Waals surface area (Å²) >= 11 is 0. The lowest BCUT2D eigenvalue weighted by Gasteiger charge is -2.36. The van der Waals surface area contributed by atoms with Gasteiger partial charge in [-0.25, -0.2) is 4.79 Å².